The number of aryl methyl sites for hydroxylation is 1. The number of aromatic nitrogens is 3. The molecule has 0 aromatic carbocycles. The maximum Gasteiger partial charge on any atom is 0.333 e. The van der Waals surface area contributed by atoms with Crippen LogP contribution in [0, 0.1) is 6.92 Å². The van der Waals surface area contributed by atoms with E-state index in [1.54, 1.807) is 19.2 Å². The molecule has 0 radical (unpaired) electrons. The smallest absolute Gasteiger partial charge is 0.313 e. The normalized spacial score (nSPS) is 10.3. The molecule has 18 heavy (non-hydrogen) atoms. The zero-order valence-electron chi connectivity index (χ0n) is 9.93. The van der Waals surface area contributed by atoms with Gasteiger partial charge in [0.25, 0.3) is 5.56 Å². The average Bonchev–Trinajstić information content (AvgIpc) is 2.31. The van der Waals surface area contributed by atoms with Crippen molar-refractivity contribution in [3.05, 3.63) is 56.6 Å². The van der Waals surface area contributed by atoms with Gasteiger partial charge in [0.15, 0.2) is 5.78 Å². The van der Waals surface area contributed by atoms with Crippen LogP contribution in [0.1, 0.15) is 22.8 Å². The molecule has 2 rings (SSSR count). The summed E-state index contributed by atoms with van der Waals surface area (Å²) in [6.45, 7) is 3.03. The Kier molecular flexibility index (Phi) is 2.93. The monoisotopic (exact) mass is 245 g/mol. The molecule has 0 amide bonds. The van der Waals surface area contributed by atoms with E-state index in [1.165, 1.54) is 13.1 Å². The highest BCUT2D eigenvalue weighted by molar-refractivity contribution is 5.93. The summed E-state index contributed by atoms with van der Waals surface area (Å²) in [5.41, 5.74) is -0.202. The number of carbonyl (C=O) groups excluding carboxylic acids is 1. The minimum Gasteiger partial charge on any atom is -0.313 e. The Hall–Kier alpha value is -2.50. The van der Waals surface area contributed by atoms with E-state index in [4.69, 9.17) is 0 Å². The van der Waals surface area contributed by atoms with Gasteiger partial charge in [0.1, 0.15) is 0 Å². The van der Waals surface area contributed by atoms with Gasteiger partial charge in [-0.2, -0.15) is 0 Å². The lowest BCUT2D eigenvalue weighted by atomic mass is 10.2. The molecule has 1 N–H and O–H groups in total. The summed E-state index contributed by atoms with van der Waals surface area (Å²) in [6, 6.07) is 1.68. The molecule has 0 aliphatic rings. The van der Waals surface area contributed by atoms with Crippen molar-refractivity contribution in [2.45, 2.75) is 13.8 Å². The third kappa shape index (κ3) is 1.88. The molecule has 0 spiro atoms. The van der Waals surface area contributed by atoms with E-state index in [1.807, 2.05) is 0 Å². The zero-order valence-corrected chi connectivity index (χ0v) is 9.93. The van der Waals surface area contributed by atoms with E-state index >= 15 is 0 Å². The Bertz CT molecular complexity index is 728. The lowest BCUT2D eigenvalue weighted by Gasteiger charge is -2.07. The van der Waals surface area contributed by atoms with Crippen molar-refractivity contribution in [3.8, 4) is 5.69 Å². The lowest BCUT2D eigenvalue weighted by molar-refractivity contribution is 0.101. The Morgan fingerprint density at radius 3 is 2.72 bits per heavy atom. The summed E-state index contributed by atoms with van der Waals surface area (Å²) in [5.74, 6) is -0.397. The van der Waals surface area contributed by atoms with Gasteiger partial charge >= 0.3 is 5.69 Å². The molecule has 0 saturated heterocycles. The minimum atomic E-state index is -0.637. The molecule has 0 aliphatic carbocycles. The van der Waals surface area contributed by atoms with Gasteiger partial charge in [-0.3, -0.25) is 14.6 Å². The highest BCUT2D eigenvalue weighted by Crippen LogP contribution is 2.07. The molecule has 92 valence electrons. The van der Waals surface area contributed by atoms with Crippen molar-refractivity contribution in [2.75, 3.05) is 0 Å². The molecular weight excluding hydrogens is 234 g/mol. The molecule has 0 fully saturated rings. The molecule has 0 atom stereocenters. The van der Waals surface area contributed by atoms with Gasteiger partial charge in [-0.15, -0.1) is 0 Å². The van der Waals surface area contributed by atoms with Crippen LogP contribution < -0.4 is 11.2 Å². The van der Waals surface area contributed by atoms with Crippen LogP contribution in [0.3, 0.4) is 0 Å². The fourth-order valence-electron chi connectivity index (χ4n) is 1.63. The molecule has 0 bridgehead atoms. The first-order valence-corrected chi connectivity index (χ1v) is 5.29. The first kappa shape index (κ1) is 12.0. The van der Waals surface area contributed by atoms with E-state index < -0.39 is 17.0 Å². The van der Waals surface area contributed by atoms with Crippen LogP contribution in [-0.2, 0) is 0 Å². The number of nitrogens with one attached hydrogen (secondary N) is 1. The SMILES string of the molecule is CC(=O)c1c[nH]c(=O)n(-c2cnccc2C)c1=O. The van der Waals surface area contributed by atoms with Crippen LogP contribution in [0.25, 0.3) is 5.69 Å². The van der Waals surface area contributed by atoms with Gasteiger partial charge in [0.2, 0.25) is 0 Å². The van der Waals surface area contributed by atoms with Crippen molar-refractivity contribution >= 4 is 5.78 Å². The number of H-pyrrole nitrogens is 1. The van der Waals surface area contributed by atoms with Crippen LogP contribution in [-0.4, -0.2) is 20.3 Å². The fourth-order valence-corrected chi connectivity index (χ4v) is 1.63. The van der Waals surface area contributed by atoms with Crippen LogP contribution in [0.4, 0.5) is 0 Å². The number of pyridine rings is 1. The second-order valence-electron chi connectivity index (χ2n) is 3.87. The number of hydrogen-bond donors (Lipinski definition) is 1. The van der Waals surface area contributed by atoms with Crippen LogP contribution in [0.5, 0.6) is 0 Å². The van der Waals surface area contributed by atoms with Gasteiger partial charge in [-0.05, 0) is 25.5 Å². The highest BCUT2D eigenvalue weighted by atomic mass is 16.2. The predicted molar refractivity (Wildman–Crippen MR) is 65.2 cm³/mol. The molecule has 6 nitrogen and oxygen atoms in total. The number of rotatable bonds is 2. The third-order valence-corrected chi connectivity index (χ3v) is 2.61. The zero-order chi connectivity index (χ0) is 13.3. The van der Waals surface area contributed by atoms with Gasteiger partial charge < -0.3 is 4.98 Å². The third-order valence-electron chi connectivity index (χ3n) is 2.61. The summed E-state index contributed by atoms with van der Waals surface area (Å²) in [7, 11) is 0. The first-order chi connectivity index (χ1) is 8.52. The largest absolute Gasteiger partial charge is 0.333 e. The van der Waals surface area contributed by atoms with Crippen molar-refractivity contribution in [1.29, 1.82) is 0 Å². The van der Waals surface area contributed by atoms with E-state index in [-0.39, 0.29) is 5.56 Å². The number of Topliss-reactive ketones (excluding diaryl/α,β-unsaturated/α-hetero) is 1. The number of aromatic amines is 1. The van der Waals surface area contributed by atoms with Crippen LogP contribution in [0.15, 0.2) is 34.2 Å². The summed E-state index contributed by atoms with van der Waals surface area (Å²) in [4.78, 5) is 41.4. The van der Waals surface area contributed by atoms with Gasteiger partial charge in [0, 0.05) is 12.4 Å². The molecule has 2 aromatic heterocycles. The molecule has 2 heterocycles. The Labute approximate surface area is 102 Å². The Morgan fingerprint density at radius 1 is 1.39 bits per heavy atom. The fraction of sp³-hybridized carbons (Fsp3) is 0.167. The number of ketones is 1. The molecule has 0 aliphatic heterocycles. The maximum atomic E-state index is 12.1. The van der Waals surface area contributed by atoms with Gasteiger partial charge in [0.05, 0.1) is 17.4 Å². The van der Waals surface area contributed by atoms with Crippen LogP contribution in [0.2, 0.25) is 0 Å². The average molecular weight is 245 g/mol. The number of carbonyl (C=O) groups is 1. The second kappa shape index (κ2) is 4.40. The van der Waals surface area contributed by atoms with E-state index in [0.717, 1.165) is 16.3 Å². The molecule has 0 saturated carbocycles. The Morgan fingerprint density at radius 2 is 2.11 bits per heavy atom. The van der Waals surface area contributed by atoms with E-state index in [0.29, 0.717) is 5.69 Å². The second-order valence-corrected chi connectivity index (χ2v) is 3.87. The Balaban J connectivity index is 2.84. The minimum absolute atomic E-state index is 0.0575. The van der Waals surface area contributed by atoms with Crippen LogP contribution >= 0.6 is 0 Å². The molecule has 0 unspecified atom stereocenters. The van der Waals surface area contributed by atoms with Crippen molar-refractivity contribution < 1.29 is 4.79 Å². The standard InChI is InChI=1S/C12H11N3O3/c1-7-3-4-13-6-10(7)15-11(17)9(8(2)16)5-14-12(15)18/h3-6H,1-2H3,(H,14,18). The number of hydrogen-bond acceptors (Lipinski definition) is 4. The van der Waals surface area contributed by atoms with Crippen molar-refractivity contribution in [1.82, 2.24) is 14.5 Å². The summed E-state index contributed by atoms with van der Waals surface area (Å²) >= 11 is 0. The summed E-state index contributed by atoms with van der Waals surface area (Å²) in [5, 5.41) is 0. The van der Waals surface area contributed by atoms with Crippen molar-refractivity contribution in [2.24, 2.45) is 0 Å². The molecular formula is C12H11N3O3. The predicted octanol–water partition coefficient (Wildman–Crippen LogP) is 0.432. The number of nitrogens with zero attached hydrogens (tertiary/aromatic N) is 2. The van der Waals surface area contributed by atoms with E-state index in [2.05, 4.69) is 9.97 Å². The van der Waals surface area contributed by atoms with Crippen molar-refractivity contribution in [3.63, 3.8) is 0 Å². The van der Waals surface area contributed by atoms with Gasteiger partial charge in [-0.25, -0.2) is 9.36 Å². The molecule has 2 aromatic rings. The van der Waals surface area contributed by atoms with E-state index in [9.17, 15) is 14.4 Å². The quantitative estimate of drug-likeness (QED) is 0.777. The topological polar surface area (TPSA) is 84.8 Å². The maximum absolute atomic E-state index is 12.1. The first-order valence-electron chi connectivity index (χ1n) is 5.29. The molecule has 6 heteroatoms. The lowest BCUT2D eigenvalue weighted by Crippen LogP contribution is -2.36. The summed E-state index contributed by atoms with van der Waals surface area (Å²) < 4.78 is 0.916. The summed E-state index contributed by atoms with van der Waals surface area (Å²) in [6.07, 6.45) is 4.11. The van der Waals surface area contributed by atoms with Gasteiger partial charge in [-0.1, -0.05) is 0 Å². The highest BCUT2D eigenvalue weighted by Gasteiger charge is 2.13.